The first-order chi connectivity index (χ1) is 8.17. The van der Waals surface area contributed by atoms with Crippen LogP contribution in [-0.4, -0.2) is 5.60 Å². The molecule has 0 heterocycles. The molecular formula is C16H27NO. The molecule has 0 aliphatic carbocycles. The molecule has 0 aliphatic rings. The van der Waals surface area contributed by atoms with Gasteiger partial charge in [0.15, 0.2) is 0 Å². The van der Waals surface area contributed by atoms with Crippen molar-refractivity contribution in [3.63, 3.8) is 0 Å². The topological polar surface area (TPSA) is 21.3 Å². The maximum Gasteiger partial charge on any atom is 0.0813 e. The molecule has 0 radical (unpaired) electrons. The third kappa shape index (κ3) is 6.18. The van der Waals surface area contributed by atoms with Crippen LogP contribution in [0.2, 0.25) is 0 Å². The number of hydrogen-bond acceptors (Lipinski definition) is 2. The Labute approximate surface area is 112 Å². The lowest BCUT2D eigenvalue weighted by Gasteiger charge is -2.30. The Morgan fingerprint density at radius 2 is 1.56 bits per heavy atom. The fraction of sp³-hybridized carbons (Fsp3) is 0.625. The molecule has 0 saturated carbocycles. The van der Waals surface area contributed by atoms with Crippen LogP contribution in [0.4, 0.5) is 0 Å². The lowest BCUT2D eigenvalue weighted by molar-refractivity contribution is -0.0936. The zero-order chi connectivity index (χ0) is 13.8. The lowest BCUT2D eigenvalue weighted by atomic mass is 9.86. The average molecular weight is 249 g/mol. The van der Waals surface area contributed by atoms with Crippen LogP contribution in [-0.2, 0) is 4.84 Å². The highest BCUT2D eigenvalue weighted by atomic mass is 16.7. The lowest BCUT2D eigenvalue weighted by Crippen LogP contribution is -2.33. The number of hydrogen-bond donors (Lipinski definition) is 1. The van der Waals surface area contributed by atoms with Gasteiger partial charge in [-0.1, -0.05) is 51.1 Å². The number of benzene rings is 1. The van der Waals surface area contributed by atoms with E-state index in [1.807, 2.05) is 6.07 Å². The minimum atomic E-state index is -0.176. The summed E-state index contributed by atoms with van der Waals surface area (Å²) in [5.74, 6) is 0. The van der Waals surface area contributed by atoms with E-state index in [2.05, 4.69) is 71.3 Å². The van der Waals surface area contributed by atoms with Gasteiger partial charge in [-0.05, 0) is 38.2 Å². The van der Waals surface area contributed by atoms with Gasteiger partial charge in [-0.3, -0.25) is 4.84 Å². The van der Waals surface area contributed by atoms with Crippen LogP contribution in [0.5, 0.6) is 0 Å². The largest absolute Gasteiger partial charge is 0.296 e. The van der Waals surface area contributed by atoms with Crippen molar-refractivity contribution < 1.29 is 4.84 Å². The summed E-state index contributed by atoms with van der Waals surface area (Å²) in [6.45, 7) is 12.9. The van der Waals surface area contributed by atoms with Crippen molar-refractivity contribution in [3.8, 4) is 0 Å². The highest BCUT2D eigenvalue weighted by molar-refractivity contribution is 5.18. The molecule has 2 heteroatoms. The molecule has 0 amide bonds. The van der Waals surface area contributed by atoms with Gasteiger partial charge < -0.3 is 0 Å². The molecule has 1 atom stereocenters. The predicted octanol–water partition coefficient (Wildman–Crippen LogP) is 4.48. The zero-order valence-electron chi connectivity index (χ0n) is 12.6. The standard InChI is InChI=1S/C16H27NO/c1-15(2,3)12-14(17-18-16(4,5)6)13-10-8-7-9-11-13/h7-11,14,17H,12H2,1-6H3. The van der Waals surface area contributed by atoms with Gasteiger partial charge in [-0.2, -0.15) is 5.48 Å². The average Bonchev–Trinajstić information content (AvgIpc) is 2.23. The van der Waals surface area contributed by atoms with Crippen LogP contribution in [0, 0.1) is 5.41 Å². The van der Waals surface area contributed by atoms with Crippen molar-refractivity contribution in [2.75, 3.05) is 0 Å². The van der Waals surface area contributed by atoms with E-state index in [-0.39, 0.29) is 17.1 Å². The van der Waals surface area contributed by atoms with Crippen molar-refractivity contribution in [2.45, 2.75) is 59.6 Å². The van der Waals surface area contributed by atoms with Crippen LogP contribution in [0.25, 0.3) is 0 Å². The van der Waals surface area contributed by atoms with Crippen molar-refractivity contribution in [3.05, 3.63) is 35.9 Å². The van der Waals surface area contributed by atoms with E-state index in [9.17, 15) is 0 Å². The Bertz CT molecular complexity index is 346. The van der Waals surface area contributed by atoms with E-state index < -0.39 is 0 Å². The zero-order valence-corrected chi connectivity index (χ0v) is 12.6. The number of hydroxylamine groups is 1. The van der Waals surface area contributed by atoms with Crippen LogP contribution < -0.4 is 5.48 Å². The van der Waals surface area contributed by atoms with E-state index in [0.717, 1.165) is 6.42 Å². The first-order valence-electron chi connectivity index (χ1n) is 6.66. The molecule has 18 heavy (non-hydrogen) atoms. The van der Waals surface area contributed by atoms with Gasteiger partial charge in [-0.15, -0.1) is 0 Å². The molecule has 2 nitrogen and oxygen atoms in total. The molecule has 0 saturated heterocycles. The maximum atomic E-state index is 5.74. The Hall–Kier alpha value is -0.860. The second kappa shape index (κ2) is 5.85. The van der Waals surface area contributed by atoms with Crippen LogP contribution in [0.15, 0.2) is 30.3 Å². The normalized spacial score (nSPS) is 14.6. The van der Waals surface area contributed by atoms with Crippen molar-refractivity contribution in [2.24, 2.45) is 5.41 Å². The minimum absolute atomic E-state index is 0.176. The molecule has 1 aromatic carbocycles. The second-order valence-electron chi connectivity index (χ2n) is 7.06. The van der Waals surface area contributed by atoms with Crippen LogP contribution in [0.3, 0.4) is 0 Å². The van der Waals surface area contributed by atoms with E-state index in [0.29, 0.717) is 0 Å². The molecule has 102 valence electrons. The van der Waals surface area contributed by atoms with Gasteiger partial charge in [0.1, 0.15) is 0 Å². The van der Waals surface area contributed by atoms with Gasteiger partial charge in [0.05, 0.1) is 11.6 Å². The van der Waals surface area contributed by atoms with E-state index in [1.165, 1.54) is 5.56 Å². The molecule has 0 spiro atoms. The molecule has 1 N–H and O–H groups in total. The third-order valence-electron chi connectivity index (χ3n) is 2.53. The van der Waals surface area contributed by atoms with E-state index in [1.54, 1.807) is 0 Å². The summed E-state index contributed by atoms with van der Waals surface area (Å²) >= 11 is 0. The number of rotatable bonds is 4. The SMILES string of the molecule is CC(C)(C)CC(NOC(C)(C)C)c1ccccc1. The van der Waals surface area contributed by atoms with Gasteiger partial charge in [0.25, 0.3) is 0 Å². The Morgan fingerprint density at radius 1 is 1.00 bits per heavy atom. The van der Waals surface area contributed by atoms with Gasteiger partial charge >= 0.3 is 0 Å². The summed E-state index contributed by atoms with van der Waals surface area (Å²) in [6, 6.07) is 10.7. The Morgan fingerprint density at radius 3 is 2.00 bits per heavy atom. The third-order valence-corrected chi connectivity index (χ3v) is 2.53. The summed E-state index contributed by atoms with van der Waals surface area (Å²) in [7, 11) is 0. The highest BCUT2D eigenvalue weighted by Crippen LogP contribution is 2.29. The first-order valence-corrected chi connectivity index (χ1v) is 6.66. The quantitative estimate of drug-likeness (QED) is 0.794. The van der Waals surface area contributed by atoms with Crippen LogP contribution in [0.1, 0.15) is 59.6 Å². The first kappa shape index (κ1) is 15.2. The molecule has 1 unspecified atom stereocenters. The van der Waals surface area contributed by atoms with E-state index >= 15 is 0 Å². The second-order valence-corrected chi connectivity index (χ2v) is 7.06. The summed E-state index contributed by atoms with van der Waals surface area (Å²) in [5, 5.41) is 0. The van der Waals surface area contributed by atoms with Crippen molar-refractivity contribution >= 4 is 0 Å². The summed E-state index contributed by atoms with van der Waals surface area (Å²) in [6.07, 6.45) is 1.03. The molecule has 0 bridgehead atoms. The van der Waals surface area contributed by atoms with Gasteiger partial charge in [0, 0.05) is 0 Å². The minimum Gasteiger partial charge on any atom is -0.296 e. The fourth-order valence-corrected chi connectivity index (χ4v) is 1.77. The molecule has 1 rings (SSSR count). The Balaban J connectivity index is 2.76. The molecular weight excluding hydrogens is 222 g/mol. The highest BCUT2D eigenvalue weighted by Gasteiger charge is 2.22. The smallest absolute Gasteiger partial charge is 0.0813 e. The Kier molecular flexibility index (Phi) is 4.94. The molecule has 0 aromatic heterocycles. The van der Waals surface area contributed by atoms with Crippen molar-refractivity contribution in [1.82, 2.24) is 5.48 Å². The fourth-order valence-electron chi connectivity index (χ4n) is 1.77. The summed E-state index contributed by atoms with van der Waals surface area (Å²) in [4.78, 5) is 5.74. The monoisotopic (exact) mass is 249 g/mol. The summed E-state index contributed by atoms with van der Waals surface area (Å²) < 4.78 is 0. The predicted molar refractivity (Wildman–Crippen MR) is 77.2 cm³/mol. The maximum absolute atomic E-state index is 5.74. The van der Waals surface area contributed by atoms with Gasteiger partial charge in [0.2, 0.25) is 0 Å². The van der Waals surface area contributed by atoms with Crippen molar-refractivity contribution in [1.29, 1.82) is 0 Å². The molecule has 0 aliphatic heterocycles. The number of nitrogens with one attached hydrogen (secondary N) is 1. The van der Waals surface area contributed by atoms with E-state index in [4.69, 9.17) is 4.84 Å². The molecule has 0 fully saturated rings. The van der Waals surface area contributed by atoms with Crippen LogP contribution >= 0.6 is 0 Å². The summed E-state index contributed by atoms with van der Waals surface area (Å²) in [5.41, 5.74) is 4.59. The van der Waals surface area contributed by atoms with Gasteiger partial charge in [-0.25, -0.2) is 0 Å². The molecule has 1 aromatic rings.